The predicted molar refractivity (Wildman–Crippen MR) is 113 cm³/mol. The van der Waals surface area contributed by atoms with Crippen LogP contribution in [0.15, 0.2) is 91.0 Å². The third kappa shape index (κ3) is 3.67. The van der Waals surface area contributed by atoms with Gasteiger partial charge in [0.25, 0.3) is 0 Å². The Kier molecular flexibility index (Phi) is 5.99. The molecule has 0 bridgehead atoms. The zero-order valence-electron chi connectivity index (χ0n) is 16.7. The molecule has 0 aliphatic carbocycles. The molecule has 5 heteroatoms. The Morgan fingerprint density at radius 3 is 1.47 bits per heavy atom. The molecular weight excluding hydrogens is 380 g/mol. The van der Waals surface area contributed by atoms with Gasteiger partial charge in [0.15, 0.2) is 6.29 Å². The third-order valence-electron chi connectivity index (χ3n) is 5.66. The molecule has 0 unspecified atom stereocenters. The third-order valence-corrected chi connectivity index (χ3v) is 5.66. The summed E-state index contributed by atoms with van der Waals surface area (Å²) < 4.78 is 12.1. The van der Waals surface area contributed by atoms with Gasteiger partial charge in [-0.25, -0.2) is 0 Å². The van der Waals surface area contributed by atoms with E-state index in [-0.39, 0.29) is 0 Å². The standard InChI is InChI=1S/C25H26O5/c1-17-21(26)22(27)23(24(28)29-17)30-25(18-11-5-2-6-12-18,19-13-7-3-8-14-19)20-15-9-4-10-16-20/h2-17,21-24,26-28H,1H3/t17-,21-,22+,23+,24+/m0/s1. The van der Waals surface area contributed by atoms with Crippen LogP contribution in [0.1, 0.15) is 23.6 Å². The Bertz CT molecular complexity index is 835. The fraction of sp³-hybridized carbons (Fsp3) is 0.280. The first-order chi connectivity index (χ1) is 14.5. The highest BCUT2D eigenvalue weighted by atomic mass is 16.7. The number of rotatable bonds is 5. The summed E-state index contributed by atoms with van der Waals surface area (Å²) in [5.41, 5.74) is 1.35. The van der Waals surface area contributed by atoms with Gasteiger partial charge in [0.2, 0.25) is 0 Å². The fourth-order valence-electron chi connectivity index (χ4n) is 4.07. The van der Waals surface area contributed by atoms with E-state index in [4.69, 9.17) is 9.47 Å². The second-order valence-electron chi connectivity index (χ2n) is 7.57. The van der Waals surface area contributed by atoms with Gasteiger partial charge in [-0.1, -0.05) is 91.0 Å². The van der Waals surface area contributed by atoms with Gasteiger partial charge < -0.3 is 24.8 Å². The number of aliphatic hydroxyl groups is 3. The van der Waals surface area contributed by atoms with Crippen LogP contribution >= 0.6 is 0 Å². The molecule has 1 heterocycles. The molecule has 156 valence electrons. The van der Waals surface area contributed by atoms with Gasteiger partial charge in [-0.3, -0.25) is 0 Å². The molecule has 0 spiro atoms. The number of ether oxygens (including phenoxy) is 2. The van der Waals surface area contributed by atoms with E-state index >= 15 is 0 Å². The predicted octanol–water partition coefficient (Wildman–Crippen LogP) is 2.82. The van der Waals surface area contributed by atoms with E-state index < -0.39 is 36.3 Å². The van der Waals surface area contributed by atoms with Crippen molar-refractivity contribution in [1.29, 1.82) is 0 Å². The summed E-state index contributed by atoms with van der Waals surface area (Å²) in [6.07, 6.45) is -5.78. The van der Waals surface area contributed by atoms with E-state index in [0.29, 0.717) is 0 Å². The SMILES string of the molecule is C[C@@H]1O[C@@H](O)[C@H](OC(c2ccccc2)(c2ccccc2)c2ccccc2)[C@H](O)[C@H]1O. The quantitative estimate of drug-likeness (QED) is 0.568. The summed E-state index contributed by atoms with van der Waals surface area (Å²) in [5, 5.41) is 31.8. The van der Waals surface area contributed by atoms with Crippen LogP contribution in [-0.2, 0) is 15.1 Å². The molecule has 1 aliphatic heterocycles. The van der Waals surface area contributed by atoms with E-state index in [1.54, 1.807) is 6.92 Å². The van der Waals surface area contributed by atoms with Crippen LogP contribution in [0.25, 0.3) is 0 Å². The van der Waals surface area contributed by atoms with Crippen LogP contribution < -0.4 is 0 Å². The average Bonchev–Trinajstić information content (AvgIpc) is 2.80. The van der Waals surface area contributed by atoms with Gasteiger partial charge >= 0.3 is 0 Å². The number of hydrogen-bond donors (Lipinski definition) is 3. The van der Waals surface area contributed by atoms with Crippen molar-refractivity contribution in [2.75, 3.05) is 0 Å². The maximum Gasteiger partial charge on any atom is 0.184 e. The molecule has 0 radical (unpaired) electrons. The first-order valence-corrected chi connectivity index (χ1v) is 10.1. The number of aliphatic hydroxyl groups excluding tert-OH is 3. The van der Waals surface area contributed by atoms with Crippen molar-refractivity contribution < 1.29 is 24.8 Å². The van der Waals surface area contributed by atoms with E-state index in [1.807, 2.05) is 91.0 Å². The van der Waals surface area contributed by atoms with Crippen LogP contribution in [-0.4, -0.2) is 46.0 Å². The van der Waals surface area contributed by atoms with Gasteiger partial charge in [0, 0.05) is 0 Å². The molecule has 30 heavy (non-hydrogen) atoms. The Hall–Kier alpha value is -2.54. The van der Waals surface area contributed by atoms with Crippen LogP contribution in [0, 0.1) is 0 Å². The minimum absolute atomic E-state index is 0.713. The van der Waals surface area contributed by atoms with Gasteiger partial charge in [-0.2, -0.15) is 0 Å². The molecule has 5 nitrogen and oxygen atoms in total. The fourth-order valence-corrected chi connectivity index (χ4v) is 4.07. The van der Waals surface area contributed by atoms with Crippen molar-refractivity contribution in [2.45, 2.75) is 43.2 Å². The molecule has 4 rings (SSSR count). The zero-order valence-corrected chi connectivity index (χ0v) is 16.7. The van der Waals surface area contributed by atoms with E-state index in [0.717, 1.165) is 16.7 Å². The second-order valence-corrected chi connectivity index (χ2v) is 7.57. The Labute approximate surface area is 176 Å². The Morgan fingerprint density at radius 1 is 0.667 bits per heavy atom. The lowest BCUT2D eigenvalue weighted by Gasteiger charge is -2.45. The summed E-state index contributed by atoms with van der Waals surface area (Å²) in [7, 11) is 0. The largest absolute Gasteiger partial charge is 0.388 e. The van der Waals surface area contributed by atoms with Crippen LogP contribution in [0.4, 0.5) is 0 Å². The lowest BCUT2D eigenvalue weighted by Crippen LogP contribution is -2.59. The first kappa shape index (κ1) is 20.7. The molecular formula is C25H26O5. The lowest BCUT2D eigenvalue weighted by molar-refractivity contribution is -0.302. The molecule has 3 aromatic rings. The molecule has 1 aliphatic rings. The van der Waals surface area contributed by atoms with E-state index in [2.05, 4.69) is 0 Å². The van der Waals surface area contributed by atoms with Crippen molar-refractivity contribution in [1.82, 2.24) is 0 Å². The highest BCUT2D eigenvalue weighted by molar-refractivity contribution is 5.47. The van der Waals surface area contributed by atoms with Crippen LogP contribution in [0.2, 0.25) is 0 Å². The van der Waals surface area contributed by atoms with Crippen molar-refractivity contribution in [2.24, 2.45) is 0 Å². The van der Waals surface area contributed by atoms with Crippen LogP contribution in [0.5, 0.6) is 0 Å². The highest BCUT2D eigenvalue weighted by Gasteiger charge is 2.49. The van der Waals surface area contributed by atoms with E-state index in [9.17, 15) is 15.3 Å². The molecule has 3 aromatic carbocycles. The first-order valence-electron chi connectivity index (χ1n) is 10.1. The summed E-state index contributed by atoms with van der Waals surface area (Å²) in [6, 6.07) is 28.9. The molecule has 0 aromatic heterocycles. The minimum Gasteiger partial charge on any atom is -0.388 e. The summed E-state index contributed by atoms with van der Waals surface area (Å²) in [5.74, 6) is 0. The number of benzene rings is 3. The molecule has 3 N–H and O–H groups in total. The Balaban J connectivity index is 1.91. The minimum atomic E-state index is -1.39. The van der Waals surface area contributed by atoms with Gasteiger partial charge in [-0.15, -0.1) is 0 Å². The smallest absolute Gasteiger partial charge is 0.184 e. The highest BCUT2D eigenvalue weighted by Crippen LogP contribution is 2.43. The summed E-state index contributed by atoms with van der Waals surface area (Å²) in [4.78, 5) is 0. The zero-order chi connectivity index (χ0) is 21.1. The topological polar surface area (TPSA) is 79.2 Å². The molecule has 5 atom stereocenters. The average molecular weight is 406 g/mol. The monoisotopic (exact) mass is 406 g/mol. The van der Waals surface area contributed by atoms with Crippen molar-refractivity contribution in [3.63, 3.8) is 0 Å². The van der Waals surface area contributed by atoms with Crippen LogP contribution in [0.3, 0.4) is 0 Å². The lowest BCUT2D eigenvalue weighted by atomic mass is 9.79. The maximum atomic E-state index is 10.8. The summed E-state index contributed by atoms with van der Waals surface area (Å²) >= 11 is 0. The molecule has 0 amide bonds. The van der Waals surface area contributed by atoms with Crippen molar-refractivity contribution in [3.8, 4) is 0 Å². The Morgan fingerprint density at radius 2 is 1.07 bits per heavy atom. The second kappa shape index (κ2) is 8.68. The number of hydrogen-bond acceptors (Lipinski definition) is 5. The van der Waals surface area contributed by atoms with Gasteiger partial charge in [0.1, 0.15) is 23.9 Å². The van der Waals surface area contributed by atoms with Gasteiger partial charge in [0.05, 0.1) is 6.10 Å². The molecule has 1 fully saturated rings. The molecule has 1 saturated heterocycles. The molecule has 0 saturated carbocycles. The van der Waals surface area contributed by atoms with Crippen molar-refractivity contribution in [3.05, 3.63) is 108 Å². The van der Waals surface area contributed by atoms with E-state index in [1.165, 1.54) is 0 Å². The summed E-state index contributed by atoms with van der Waals surface area (Å²) in [6.45, 7) is 1.60. The van der Waals surface area contributed by atoms with Gasteiger partial charge in [-0.05, 0) is 23.6 Å². The maximum absolute atomic E-state index is 10.8. The van der Waals surface area contributed by atoms with Crippen molar-refractivity contribution >= 4 is 0 Å². The normalized spacial score (nSPS) is 27.0.